The van der Waals surface area contributed by atoms with Crippen molar-refractivity contribution in [3.8, 4) is 0 Å². The fourth-order valence-corrected chi connectivity index (χ4v) is 3.41. The summed E-state index contributed by atoms with van der Waals surface area (Å²) in [6.07, 6.45) is 8.43. The van der Waals surface area contributed by atoms with Crippen LogP contribution in [0.5, 0.6) is 0 Å². The molecule has 0 aromatic heterocycles. The van der Waals surface area contributed by atoms with E-state index in [2.05, 4.69) is 20.8 Å². The predicted octanol–water partition coefficient (Wildman–Crippen LogP) is 4.48. The Balaban J connectivity index is 2.62. The highest BCUT2D eigenvalue weighted by Gasteiger charge is 2.42. The smallest absolute Gasteiger partial charge is 0.309 e. The molecule has 2 heteroatoms. The van der Waals surface area contributed by atoms with Crippen molar-refractivity contribution < 1.29 is 9.90 Å². The first kappa shape index (κ1) is 14.5. The van der Waals surface area contributed by atoms with Crippen molar-refractivity contribution in [2.45, 2.75) is 72.1 Å². The summed E-state index contributed by atoms with van der Waals surface area (Å²) in [5.41, 5.74) is -0.403. The van der Waals surface area contributed by atoms with Crippen LogP contribution in [0.2, 0.25) is 0 Å². The van der Waals surface area contributed by atoms with Crippen LogP contribution in [-0.2, 0) is 4.79 Å². The van der Waals surface area contributed by atoms with E-state index < -0.39 is 11.4 Å². The summed E-state index contributed by atoms with van der Waals surface area (Å²) in [6, 6.07) is 0. The largest absolute Gasteiger partial charge is 0.481 e. The van der Waals surface area contributed by atoms with Gasteiger partial charge in [-0.05, 0) is 43.9 Å². The molecule has 1 fully saturated rings. The minimum atomic E-state index is -0.546. The van der Waals surface area contributed by atoms with Gasteiger partial charge in [0.2, 0.25) is 0 Å². The Bertz CT molecular complexity index is 239. The maximum Gasteiger partial charge on any atom is 0.309 e. The topological polar surface area (TPSA) is 37.3 Å². The number of carboxylic acid groups (broad SMARTS) is 1. The normalized spacial score (nSPS) is 31.1. The van der Waals surface area contributed by atoms with E-state index in [9.17, 15) is 9.90 Å². The predicted molar refractivity (Wildman–Crippen MR) is 71.0 cm³/mol. The van der Waals surface area contributed by atoms with Gasteiger partial charge in [0, 0.05) is 0 Å². The molecule has 2 nitrogen and oxygen atoms in total. The SMILES string of the molecule is CCCC(C)CC1(C(=O)O)CCC(CC)CC1. The summed E-state index contributed by atoms with van der Waals surface area (Å²) in [7, 11) is 0. The summed E-state index contributed by atoms with van der Waals surface area (Å²) in [5.74, 6) is 0.772. The van der Waals surface area contributed by atoms with E-state index >= 15 is 0 Å². The van der Waals surface area contributed by atoms with Crippen molar-refractivity contribution in [2.24, 2.45) is 17.3 Å². The van der Waals surface area contributed by atoms with Crippen LogP contribution in [0.1, 0.15) is 72.1 Å². The third kappa shape index (κ3) is 3.72. The van der Waals surface area contributed by atoms with Crippen molar-refractivity contribution in [3.63, 3.8) is 0 Å². The fourth-order valence-electron chi connectivity index (χ4n) is 3.41. The first-order valence-electron chi connectivity index (χ1n) is 7.27. The highest BCUT2D eigenvalue weighted by atomic mass is 16.4. The Morgan fingerprint density at radius 2 is 1.94 bits per heavy atom. The molecular formula is C15H28O2. The van der Waals surface area contributed by atoms with Crippen LogP contribution in [0.25, 0.3) is 0 Å². The van der Waals surface area contributed by atoms with E-state index in [1.807, 2.05) is 0 Å². The van der Waals surface area contributed by atoms with Crippen molar-refractivity contribution >= 4 is 5.97 Å². The van der Waals surface area contributed by atoms with Crippen molar-refractivity contribution in [1.82, 2.24) is 0 Å². The van der Waals surface area contributed by atoms with E-state index in [4.69, 9.17) is 0 Å². The van der Waals surface area contributed by atoms with Gasteiger partial charge in [-0.1, -0.05) is 40.0 Å². The van der Waals surface area contributed by atoms with Crippen LogP contribution in [0.3, 0.4) is 0 Å². The Kier molecular flexibility index (Phi) is 5.48. The molecule has 0 saturated heterocycles. The molecule has 0 aromatic rings. The number of aliphatic carboxylic acids is 1. The third-order valence-electron chi connectivity index (χ3n) is 4.61. The molecule has 1 N–H and O–H groups in total. The minimum absolute atomic E-state index is 0.403. The lowest BCUT2D eigenvalue weighted by atomic mass is 9.66. The van der Waals surface area contributed by atoms with Crippen LogP contribution >= 0.6 is 0 Å². The standard InChI is InChI=1S/C15H28O2/c1-4-6-12(3)11-15(14(16)17)9-7-13(5-2)8-10-15/h12-13H,4-11H2,1-3H3,(H,16,17). The van der Waals surface area contributed by atoms with Crippen molar-refractivity contribution in [2.75, 3.05) is 0 Å². The first-order chi connectivity index (χ1) is 8.04. The Morgan fingerprint density at radius 1 is 1.35 bits per heavy atom. The number of carboxylic acids is 1. The quantitative estimate of drug-likeness (QED) is 0.743. The molecule has 0 aromatic carbocycles. The van der Waals surface area contributed by atoms with E-state index in [-0.39, 0.29) is 0 Å². The zero-order valence-corrected chi connectivity index (χ0v) is 11.7. The molecule has 0 aliphatic heterocycles. The maximum absolute atomic E-state index is 11.6. The number of hydrogen-bond donors (Lipinski definition) is 1. The number of rotatable bonds is 6. The van der Waals surface area contributed by atoms with E-state index in [1.165, 1.54) is 6.42 Å². The molecule has 1 rings (SSSR count). The van der Waals surface area contributed by atoms with Crippen LogP contribution in [-0.4, -0.2) is 11.1 Å². The van der Waals surface area contributed by atoms with Gasteiger partial charge in [-0.15, -0.1) is 0 Å². The molecule has 0 bridgehead atoms. The summed E-state index contributed by atoms with van der Waals surface area (Å²) >= 11 is 0. The fraction of sp³-hybridized carbons (Fsp3) is 0.933. The Labute approximate surface area is 106 Å². The van der Waals surface area contributed by atoms with Gasteiger partial charge in [-0.25, -0.2) is 0 Å². The molecule has 1 unspecified atom stereocenters. The second-order valence-electron chi connectivity index (χ2n) is 6.04. The van der Waals surface area contributed by atoms with Gasteiger partial charge >= 0.3 is 5.97 Å². The number of hydrogen-bond acceptors (Lipinski definition) is 1. The lowest BCUT2D eigenvalue weighted by Crippen LogP contribution is -2.37. The average molecular weight is 240 g/mol. The molecule has 1 saturated carbocycles. The summed E-state index contributed by atoms with van der Waals surface area (Å²) < 4.78 is 0. The van der Waals surface area contributed by atoms with Crippen molar-refractivity contribution in [1.29, 1.82) is 0 Å². The number of carbonyl (C=O) groups is 1. The molecule has 1 atom stereocenters. The molecule has 17 heavy (non-hydrogen) atoms. The third-order valence-corrected chi connectivity index (χ3v) is 4.61. The second kappa shape index (κ2) is 6.42. The van der Waals surface area contributed by atoms with Gasteiger partial charge in [-0.2, -0.15) is 0 Å². The summed E-state index contributed by atoms with van der Waals surface area (Å²) in [6.45, 7) is 6.61. The van der Waals surface area contributed by atoms with Gasteiger partial charge in [0.15, 0.2) is 0 Å². The second-order valence-corrected chi connectivity index (χ2v) is 6.04. The highest BCUT2D eigenvalue weighted by Crippen LogP contribution is 2.45. The van der Waals surface area contributed by atoms with E-state index in [0.29, 0.717) is 5.92 Å². The monoisotopic (exact) mass is 240 g/mol. The van der Waals surface area contributed by atoms with Crippen LogP contribution in [0.4, 0.5) is 0 Å². The molecule has 0 radical (unpaired) electrons. The van der Waals surface area contributed by atoms with Crippen LogP contribution in [0.15, 0.2) is 0 Å². The van der Waals surface area contributed by atoms with Gasteiger partial charge in [0.1, 0.15) is 0 Å². The van der Waals surface area contributed by atoms with Crippen LogP contribution < -0.4 is 0 Å². The summed E-state index contributed by atoms with van der Waals surface area (Å²) in [4.78, 5) is 11.6. The molecule has 0 amide bonds. The zero-order chi connectivity index (χ0) is 12.9. The van der Waals surface area contributed by atoms with Gasteiger partial charge in [0.05, 0.1) is 5.41 Å². The highest BCUT2D eigenvalue weighted by molar-refractivity contribution is 5.74. The molecule has 0 heterocycles. The lowest BCUT2D eigenvalue weighted by molar-refractivity contribution is -0.153. The molecule has 100 valence electrons. The lowest BCUT2D eigenvalue weighted by Gasteiger charge is -2.38. The first-order valence-corrected chi connectivity index (χ1v) is 7.27. The van der Waals surface area contributed by atoms with E-state index in [1.54, 1.807) is 0 Å². The molecule has 1 aliphatic carbocycles. The van der Waals surface area contributed by atoms with Gasteiger partial charge in [0.25, 0.3) is 0 Å². The maximum atomic E-state index is 11.6. The van der Waals surface area contributed by atoms with Gasteiger partial charge < -0.3 is 5.11 Å². The molecular weight excluding hydrogens is 212 g/mol. The van der Waals surface area contributed by atoms with Gasteiger partial charge in [-0.3, -0.25) is 4.79 Å². The van der Waals surface area contributed by atoms with E-state index in [0.717, 1.165) is 50.9 Å². The average Bonchev–Trinajstić information content (AvgIpc) is 2.30. The Hall–Kier alpha value is -0.530. The van der Waals surface area contributed by atoms with Crippen LogP contribution in [0, 0.1) is 17.3 Å². The zero-order valence-electron chi connectivity index (χ0n) is 11.7. The minimum Gasteiger partial charge on any atom is -0.481 e. The molecule has 0 spiro atoms. The Morgan fingerprint density at radius 3 is 2.35 bits per heavy atom. The molecule has 1 aliphatic rings. The summed E-state index contributed by atoms with van der Waals surface area (Å²) in [5, 5.41) is 9.56. The van der Waals surface area contributed by atoms with Crippen molar-refractivity contribution in [3.05, 3.63) is 0 Å².